The Hall–Kier alpha value is -3.21. The summed E-state index contributed by atoms with van der Waals surface area (Å²) in [5, 5.41) is 2.40. The third-order valence-electron chi connectivity index (χ3n) is 4.71. The maximum atomic E-state index is 12.9. The molecule has 0 unspecified atom stereocenters. The first-order chi connectivity index (χ1) is 15.1. The molecular weight excluding hydrogens is 474 g/mol. The van der Waals surface area contributed by atoms with Gasteiger partial charge >= 0.3 is 6.03 Å². The molecule has 2 N–H and O–H groups in total. The number of rotatable bonds is 4. The van der Waals surface area contributed by atoms with E-state index >= 15 is 0 Å². The van der Waals surface area contributed by atoms with Crippen LogP contribution in [-0.2, 0) is 21.2 Å². The first-order valence-corrected chi connectivity index (χ1v) is 12.0. The number of amides is 4. The normalized spacial score (nSPS) is 13.6. The number of hydrogen-bond acceptors (Lipinski definition) is 6. The molecule has 0 saturated carbocycles. The van der Waals surface area contributed by atoms with Gasteiger partial charge in [0.1, 0.15) is 4.21 Å². The number of aryl methyl sites for hydroxylation is 1. The second-order valence-corrected chi connectivity index (χ2v) is 10.7. The summed E-state index contributed by atoms with van der Waals surface area (Å²) in [5.74, 6) is -0.774. The van der Waals surface area contributed by atoms with Crippen molar-refractivity contribution < 1.29 is 22.8 Å². The summed E-state index contributed by atoms with van der Waals surface area (Å²) in [6, 6.07) is 13.1. The van der Waals surface area contributed by atoms with Crippen molar-refractivity contribution in [3.63, 3.8) is 0 Å². The number of urea groups is 1. The molecule has 4 rings (SSSR count). The van der Waals surface area contributed by atoms with Crippen molar-refractivity contribution >= 4 is 62.2 Å². The molecule has 0 atom stereocenters. The van der Waals surface area contributed by atoms with E-state index in [-0.39, 0.29) is 26.6 Å². The number of benzene rings is 2. The predicted molar refractivity (Wildman–Crippen MR) is 122 cm³/mol. The van der Waals surface area contributed by atoms with Gasteiger partial charge in [0.15, 0.2) is 0 Å². The number of hydrogen-bond donors (Lipinski definition) is 2. The van der Waals surface area contributed by atoms with E-state index in [4.69, 9.17) is 11.6 Å². The van der Waals surface area contributed by atoms with Gasteiger partial charge in [0.25, 0.3) is 15.9 Å². The number of sulfonamides is 1. The second kappa shape index (κ2) is 8.38. The zero-order valence-corrected chi connectivity index (χ0v) is 19.0. The average molecular weight is 490 g/mol. The molecule has 0 aliphatic carbocycles. The molecular formula is C21H16ClN3O5S2. The predicted octanol–water partition coefficient (Wildman–Crippen LogP) is 3.95. The molecule has 3 aromatic rings. The molecule has 0 bridgehead atoms. The van der Waals surface area contributed by atoms with E-state index in [9.17, 15) is 22.8 Å². The monoisotopic (exact) mass is 489 g/mol. The minimum absolute atomic E-state index is 0.0920. The van der Waals surface area contributed by atoms with E-state index in [0.29, 0.717) is 16.8 Å². The van der Waals surface area contributed by atoms with Crippen molar-refractivity contribution in [2.24, 2.45) is 0 Å². The highest BCUT2D eigenvalue weighted by molar-refractivity contribution is 7.92. The van der Waals surface area contributed by atoms with Gasteiger partial charge in [0, 0.05) is 11.3 Å². The number of anilines is 2. The Bertz CT molecular complexity index is 1350. The molecule has 4 amide bonds. The minimum atomic E-state index is -4.06. The zero-order chi connectivity index (χ0) is 23.0. The Kier molecular flexibility index (Phi) is 5.76. The topological polar surface area (TPSA) is 113 Å². The van der Waals surface area contributed by atoms with Gasteiger partial charge in [-0.2, -0.15) is 0 Å². The largest absolute Gasteiger partial charge is 0.333 e. The van der Waals surface area contributed by atoms with Crippen LogP contribution in [0.1, 0.15) is 21.5 Å². The molecule has 0 fully saturated rings. The van der Waals surface area contributed by atoms with Crippen LogP contribution in [0.5, 0.6) is 0 Å². The summed E-state index contributed by atoms with van der Waals surface area (Å²) in [6.45, 7) is 1.87. The van der Waals surface area contributed by atoms with Gasteiger partial charge in [0.05, 0.1) is 16.4 Å². The summed E-state index contributed by atoms with van der Waals surface area (Å²) in [6.07, 6.45) is 0.106. The maximum absolute atomic E-state index is 12.9. The van der Waals surface area contributed by atoms with Crippen LogP contribution in [0.4, 0.5) is 16.2 Å². The maximum Gasteiger partial charge on any atom is 0.333 e. The van der Waals surface area contributed by atoms with Crippen molar-refractivity contribution in [2.75, 3.05) is 10.2 Å². The lowest BCUT2D eigenvalue weighted by Gasteiger charge is -2.27. The van der Waals surface area contributed by atoms with Gasteiger partial charge < -0.3 is 5.32 Å². The molecule has 2 aromatic carbocycles. The third-order valence-corrected chi connectivity index (χ3v) is 7.77. The SMILES string of the molecule is Cc1ccc2c(c1)C(=O)N(c1ccc(NC(=O)NS(=O)(=O)c3ccc(Cl)s3)cc1)C(=O)C2. The van der Waals surface area contributed by atoms with Crippen LogP contribution in [-0.4, -0.2) is 26.3 Å². The highest BCUT2D eigenvalue weighted by atomic mass is 35.5. The summed E-state index contributed by atoms with van der Waals surface area (Å²) < 4.78 is 26.5. The quantitative estimate of drug-likeness (QED) is 0.539. The lowest BCUT2D eigenvalue weighted by molar-refractivity contribution is -0.117. The van der Waals surface area contributed by atoms with Gasteiger partial charge in [-0.1, -0.05) is 29.3 Å². The van der Waals surface area contributed by atoms with E-state index in [1.807, 2.05) is 17.7 Å². The van der Waals surface area contributed by atoms with Crippen molar-refractivity contribution in [3.05, 3.63) is 75.6 Å². The molecule has 11 heteroatoms. The van der Waals surface area contributed by atoms with Crippen LogP contribution >= 0.6 is 22.9 Å². The van der Waals surface area contributed by atoms with Crippen molar-refractivity contribution in [2.45, 2.75) is 17.6 Å². The first kappa shape index (κ1) is 22.0. The van der Waals surface area contributed by atoms with Crippen LogP contribution in [0.3, 0.4) is 0 Å². The third kappa shape index (κ3) is 4.38. The number of nitrogens with zero attached hydrogens (tertiary/aromatic N) is 1. The van der Waals surface area contributed by atoms with Crippen LogP contribution in [0, 0.1) is 6.92 Å². The fourth-order valence-electron chi connectivity index (χ4n) is 3.25. The Balaban J connectivity index is 1.48. The van der Waals surface area contributed by atoms with Gasteiger partial charge in [-0.3, -0.25) is 9.59 Å². The number of carbonyl (C=O) groups is 3. The van der Waals surface area contributed by atoms with Gasteiger partial charge in [0.2, 0.25) is 5.91 Å². The number of halogens is 1. The first-order valence-electron chi connectivity index (χ1n) is 9.30. The zero-order valence-electron chi connectivity index (χ0n) is 16.6. The lowest BCUT2D eigenvalue weighted by Crippen LogP contribution is -2.42. The number of fused-ring (bicyclic) bond motifs is 1. The minimum Gasteiger partial charge on any atom is -0.307 e. The van der Waals surface area contributed by atoms with Crippen molar-refractivity contribution in [3.8, 4) is 0 Å². The fourth-order valence-corrected chi connectivity index (χ4v) is 5.64. The van der Waals surface area contributed by atoms with E-state index in [1.165, 1.54) is 36.4 Å². The standard InChI is InChI=1S/C21H16ClN3O5S2/c1-12-2-3-13-11-18(26)25(20(27)16(13)10-12)15-6-4-14(5-7-15)23-21(28)24-32(29,30)19-9-8-17(22)31-19/h2-10H,11H2,1H3,(H2,23,24,28). The van der Waals surface area contributed by atoms with E-state index in [1.54, 1.807) is 12.1 Å². The molecule has 2 heterocycles. The summed E-state index contributed by atoms with van der Waals surface area (Å²) in [4.78, 5) is 38.7. The van der Waals surface area contributed by atoms with Gasteiger partial charge in [-0.05, 0) is 55.0 Å². The van der Waals surface area contributed by atoms with Crippen molar-refractivity contribution in [1.29, 1.82) is 0 Å². The summed E-state index contributed by atoms with van der Waals surface area (Å²) in [5.41, 5.74) is 2.70. The van der Waals surface area contributed by atoms with Gasteiger partial charge in [-0.25, -0.2) is 22.8 Å². The highest BCUT2D eigenvalue weighted by Crippen LogP contribution is 2.28. The molecule has 8 nitrogen and oxygen atoms in total. The lowest BCUT2D eigenvalue weighted by atomic mass is 9.96. The Morgan fingerprint density at radius 1 is 1.06 bits per heavy atom. The van der Waals surface area contributed by atoms with Crippen LogP contribution < -0.4 is 14.9 Å². The van der Waals surface area contributed by atoms with E-state index < -0.39 is 22.0 Å². The number of nitrogens with one attached hydrogen (secondary N) is 2. The molecule has 0 spiro atoms. The average Bonchev–Trinajstić information content (AvgIpc) is 3.17. The summed E-state index contributed by atoms with van der Waals surface area (Å²) in [7, 11) is -4.06. The van der Waals surface area contributed by atoms with E-state index in [2.05, 4.69) is 5.32 Å². The van der Waals surface area contributed by atoms with Crippen LogP contribution in [0.15, 0.2) is 58.8 Å². The molecule has 0 saturated heterocycles. The Morgan fingerprint density at radius 3 is 2.44 bits per heavy atom. The molecule has 1 aliphatic heterocycles. The molecule has 0 radical (unpaired) electrons. The van der Waals surface area contributed by atoms with Crippen molar-refractivity contribution in [1.82, 2.24) is 4.72 Å². The summed E-state index contributed by atoms with van der Waals surface area (Å²) >= 11 is 6.56. The van der Waals surface area contributed by atoms with Gasteiger partial charge in [-0.15, -0.1) is 11.3 Å². The number of carbonyl (C=O) groups excluding carboxylic acids is 3. The van der Waals surface area contributed by atoms with E-state index in [0.717, 1.165) is 21.8 Å². The Morgan fingerprint density at radius 2 is 1.78 bits per heavy atom. The molecule has 1 aromatic heterocycles. The fraction of sp³-hybridized carbons (Fsp3) is 0.0952. The molecule has 1 aliphatic rings. The van der Waals surface area contributed by atoms with Crippen LogP contribution in [0.2, 0.25) is 4.34 Å². The van der Waals surface area contributed by atoms with Crippen LogP contribution in [0.25, 0.3) is 0 Å². The smallest absolute Gasteiger partial charge is 0.307 e. The Labute approximate surface area is 192 Å². The molecule has 32 heavy (non-hydrogen) atoms. The molecule has 164 valence electrons. The second-order valence-electron chi connectivity index (χ2n) is 7.04. The highest BCUT2D eigenvalue weighted by Gasteiger charge is 2.32. The number of imide groups is 1. The number of thiophene rings is 1.